The third-order valence-corrected chi connectivity index (χ3v) is 2.91. The second kappa shape index (κ2) is 10.8. The van der Waals surface area contributed by atoms with Crippen molar-refractivity contribution >= 4 is 30.0 Å². The first-order valence-corrected chi connectivity index (χ1v) is 7.38. The van der Waals surface area contributed by atoms with E-state index in [1.807, 2.05) is 0 Å². The molecular weight excluding hydrogens is 314 g/mol. The molecule has 0 fully saturated rings. The molecule has 0 aliphatic heterocycles. The van der Waals surface area contributed by atoms with E-state index in [2.05, 4.69) is 15.4 Å². The Morgan fingerprint density at radius 3 is 2.75 bits per heavy atom. The number of nitrogens with two attached hydrogens (primary N) is 1. The minimum atomic E-state index is -0.344. The van der Waals surface area contributed by atoms with Gasteiger partial charge in [-0.3, -0.25) is 14.4 Å². The maximum atomic E-state index is 11.8. The summed E-state index contributed by atoms with van der Waals surface area (Å²) in [4.78, 5) is 33.1. The number of hydrogen-bond donors (Lipinski definition) is 4. The molecular formula is C16H21N3O5. The molecule has 8 nitrogen and oxygen atoms in total. The highest BCUT2D eigenvalue weighted by atomic mass is 16.5. The summed E-state index contributed by atoms with van der Waals surface area (Å²) in [5.74, 6) is -0.626. The molecule has 0 saturated carbocycles. The highest BCUT2D eigenvalue weighted by Gasteiger charge is 2.08. The Morgan fingerprint density at radius 1 is 1.25 bits per heavy atom. The van der Waals surface area contributed by atoms with Crippen molar-refractivity contribution in [3.63, 3.8) is 0 Å². The summed E-state index contributed by atoms with van der Waals surface area (Å²) in [6.45, 7) is 0.922. The fourth-order valence-corrected chi connectivity index (χ4v) is 1.78. The summed E-state index contributed by atoms with van der Waals surface area (Å²) in [6, 6.07) is 4.67. The molecule has 1 rings (SSSR count). The van der Waals surface area contributed by atoms with E-state index in [1.165, 1.54) is 6.07 Å². The van der Waals surface area contributed by atoms with E-state index < -0.39 is 0 Å². The van der Waals surface area contributed by atoms with E-state index >= 15 is 0 Å². The van der Waals surface area contributed by atoms with Gasteiger partial charge in [-0.05, 0) is 23.8 Å². The van der Waals surface area contributed by atoms with Crippen molar-refractivity contribution in [2.75, 3.05) is 25.0 Å². The number of anilines is 1. The molecule has 0 aromatic heterocycles. The van der Waals surface area contributed by atoms with Gasteiger partial charge in [0.2, 0.25) is 11.8 Å². The Labute approximate surface area is 139 Å². The Hall–Kier alpha value is -2.87. The molecule has 2 amide bonds. The van der Waals surface area contributed by atoms with Gasteiger partial charge in [0.15, 0.2) is 0 Å². The van der Waals surface area contributed by atoms with Crippen molar-refractivity contribution < 1.29 is 24.2 Å². The third-order valence-electron chi connectivity index (χ3n) is 2.91. The zero-order valence-electron chi connectivity index (χ0n) is 13.2. The number of phenolic OH excluding ortho intramolecular Hbond substituents is 1. The first kappa shape index (κ1) is 19.2. The van der Waals surface area contributed by atoms with Crippen LogP contribution in [0.3, 0.4) is 0 Å². The van der Waals surface area contributed by atoms with E-state index in [0.29, 0.717) is 12.0 Å². The van der Waals surface area contributed by atoms with E-state index in [0.717, 1.165) is 0 Å². The molecule has 0 radical (unpaired) electrons. The number of carbonyl (C=O) groups excluding carboxylic acids is 3. The fourth-order valence-electron chi connectivity index (χ4n) is 1.78. The number of phenols is 1. The van der Waals surface area contributed by atoms with Crippen LogP contribution in [0.25, 0.3) is 6.08 Å². The normalized spacial score (nSPS) is 10.4. The quantitative estimate of drug-likeness (QED) is 0.278. The van der Waals surface area contributed by atoms with Crippen LogP contribution in [0.5, 0.6) is 5.75 Å². The fraction of sp³-hybridized carbons (Fsp3) is 0.312. The van der Waals surface area contributed by atoms with Crippen molar-refractivity contribution in [2.24, 2.45) is 5.73 Å². The smallest absolute Gasteiger partial charge is 0.293 e. The molecule has 0 bridgehead atoms. The SMILES string of the molecule is NCCC(=O)NCCC(=O)Nc1cc(/C=C/COC=O)ccc1O. The second-order valence-electron chi connectivity index (χ2n) is 4.80. The van der Waals surface area contributed by atoms with Crippen LogP contribution in [0.1, 0.15) is 18.4 Å². The number of hydrogen-bond acceptors (Lipinski definition) is 6. The average Bonchev–Trinajstić information content (AvgIpc) is 2.54. The molecule has 0 heterocycles. The van der Waals surface area contributed by atoms with Crippen LogP contribution < -0.4 is 16.4 Å². The number of aromatic hydroxyl groups is 1. The number of benzene rings is 1. The zero-order valence-corrected chi connectivity index (χ0v) is 13.2. The Bertz CT molecular complexity index is 601. The molecule has 24 heavy (non-hydrogen) atoms. The lowest BCUT2D eigenvalue weighted by Gasteiger charge is -2.09. The highest BCUT2D eigenvalue weighted by molar-refractivity contribution is 5.93. The largest absolute Gasteiger partial charge is 0.506 e. The lowest BCUT2D eigenvalue weighted by atomic mass is 10.1. The molecule has 1 aromatic carbocycles. The van der Waals surface area contributed by atoms with Gasteiger partial charge in [-0.2, -0.15) is 0 Å². The molecule has 1 aromatic rings. The molecule has 0 aliphatic carbocycles. The molecule has 0 aliphatic rings. The van der Waals surface area contributed by atoms with E-state index in [9.17, 15) is 19.5 Å². The summed E-state index contributed by atoms with van der Waals surface area (Å²) < 4.78 is 4.53. The van der Waals surface area contributed by atoms with Gasteiger partial charge in [-0.1, -0.05) is 12.1 Å². The second-order valence-corrected chi connectivity index (χ2v) is 4.80. The molecule has 0 atom stereocenters. The van der Waals surface area contributed by atoms with E-state index in [4.69, 9.17) is 5.73 Å². The van der Waals surface area contributed by atoms with Gasteiger partial charge in [0, 0.05) is 25.9 Å². The maximum absolute atomic E-state index is 11.8. The van der Waals surface area contributed by atoms with Crippen LogP contribution in [0.15, 0.2) is 24.3 Å². The summed E-state index contributed by atoms with van der Waals surface area (Å²) in [7, 11) is 0. The minimum absolute atomic E-state index is 0.0724. The van der Waals surface area contributed by atoms with Crippen molar-refractivity contribution in [3.05, 3.63) is 29.8 Å². The number of carbonyl (C=O) groups is 3. The van der Waals surface area contributed by atoms with E-state index in [-0.39, 0.29) is 55.8 Å². The number of ether oxygens (including phenoxy) is 1. The van der Waals surface area contributed by atoms with Gasteiger partial charge in [-0.15, -0.1) is 0 Å². The minimum Gasteiger partial charge on any atom is -0.506 e. The van der Waals surface area contributed by atoms with Crippen LogP contribution in [-0.4, -0.2) is 43.1 Å². The van der Waals surface area contributed by atoms with Gasteiger partial charge in [0.1, 0.15) is 12.4 Å². The van der Waals surface area contributed by atoms with Crippen LogP contribution in [-0.2, 0) is 19.1 Å². The van der Waals surface area contributed by atoms with Gasteiger partial charge in [-0.25, -0.2) is 0 Å². The molecule has 0 unspecified atom stereocenters. The van der Waals surface area contributed by atoms with E-state index in [1.54, 1.807) is 24.3 Å². The molecule has 8 heteroatoms. The van der Waals surface area contributed by atoms with Crippen LogP contribution in [0.4, 0.5) is 5.69 Å². The molecule has 5 N–H and O–H groups in total. The van der Waals surface area contributed by atoms with Crippen LogP contribution in [0.2, 0.25) is 0 Å². The Morgan fingerprint density at radius 2 is 2.04 bits per heavy atom. The number of rotatable bonds is 10. The van der Waals surface area contributed by atoms with Gasteiger partial charge in [0.05, 0.1) is 5.69 Å². The Balaban J connectivity index is 2.53. The van der Waals surface area contributed by atoms with Crippen LogP contribution in [0, 0.1) is 0 Å². The molecule has 0 saturated heterocycles. The zero-order chi connectivity index (χ0) is 17.8. The van der Waals surface area contributed by atoms with Crippen molar-refractivity contribution in [1.82, 2.24) is 5.32 Å². The maximum Gasteiger partial charge on any atom is 0.293 e. The van der Waals surface area contributed by atoms with Crippen LogP contribution >= 0.6 is 0 Å². The van der Waals surface area contributed by atoms with Crippen molar-refractivity contribution in [1.29, 1.82) is 0 Å². The molecule has 0 spiro atoms. The third kappa shape index (κ3) is 7.41. The standard InChI is InChI=1S/C16H21N3O5/c17-7-5-15(22)18-8-6-16(23)19-13-10-12(3-4-14(13)21)2-1-9-24-11-20/h1-4,10-11,21H,5-9,17H2,(H,18,22)(H,19,23)/b2-1+. The topological polar surface area (TPSA) is 131 Å². The lowest BCUT2D eigenvalue weighted by molar-refractivity contribution is -0.127. The summed E-state index contributed by atoms with van der Waals surface area (Å²) in [5.41, 5.74) is 6.22. The average molecular weight is 335 g/mol. The molecule has 130 valence electrons. The Kier molecular flexibility index (Phi) is 8.62. The van der Waals surface area contributed by atoms with Gasteiger partial charge in [0.25, 0.3) is 6.47 Å². The van der Waals surface area contributed by atoms with Crippen molar-refractivity contribution in [2.45, 2.75) is 12.8 Å². The first-order valence-electron chi connectivity index (χ1n) is 7.38. The number of nitrogens with one attached hydrogen (secondary N) is 2. The van der Waals surface area contributed by atoms with Crippen molar-refractivity contribution in [3.8, 4) is 5.75 Å². The predicted octanol–water partition coefficient (Wildman–Crippen LogP) is 0.372. The predicted molar refractivity (Wildman–Crippen MR) is 89.1 cm³/mol. The summed E-state index contributed by atoms with van der Waals surface area (Å²) in [6.07, 6.45) is 3.60. The summed E-state index contributed by atoms with van der Waals surface area (Å²) in [5, 5.41) is 14.9. The monoisotopic (exact) mass is 335 g/mol. The summed E-state index contributed by atoms with van der Waals surface area (Å²) >= 11 is 0. The van der Waals surface area contributed by atoms with Gasteiger partial charge < -0.3 is 26.2 Å². The van der Waals surface area contributed by atoms with Gasteiger partial charge >= 0.3 is 0 Å². The highest BCUT2D eigenvalue weighted by Crippen LogP contribution is 2.24. The first-order chi connectivity index (χ1) is 11.6. The lowest BCUT2D eigenvalue weighted by Crippen LogP contribution is -2.29. The number of amides is 2.